The number of rotatable bonds is 7. The highest BCUT2D eigenvalue weighted by molar-refractivity contribution is 5.84. The van der Waals surface area contributed by atoms with Gasteiger partial charge in [-0.1, -0.05) is 13.0 Å². The van der Waals surface area contributed by atoms with E-state index in [-0.39, 0.29) is 18.5 Å². The molecule has 0 spiro atoms. The molecule has 0 aliphatic heterocycles. The van der Waals surface area contributed by atoms with Gasteiger partial charge in [0.15, 0.2) is 5.96 Å². The highest BCUT2D eigenvalue weighted by atomic mass is 16.2. The summed E-state index contributed by atoms with van der Waals surface area (Å²) >= 11 is 0. The Hall–Kier alpha value is -2.11. The lowest BCUT2D eigenvalue weighted by Gasteiger charge is -2.16. The average molecular weight is 291 g/mol. The molecule has 6 nitrogen and oxygen atoms in total. The van der Waals surface area contributed by atoms with E-state index < -0.39 is 0 Å². The maximum absolute atomic E-state index is 11.9. The van der Waals surface area contributed by atoms with Crippen molar-refractivity contribution in [3.8, 4) is 0 Å². The number of nitrogens with one attached hydrogen (secondary N) is 1. The number of nitrogens with two attached hydrogens (primary N) is 1. The van der Waals surface area contributed by atoms with Crippen LogP contribution >= 0.6 is 0 Å². The van der Waals surface area contributed by atoms with Crippen molar-refractivity contribution < 1.29 is 4.79 Å². The van der Waals surface area contributed by atoms with Crippen LogP contribution in [0.1, 0.15) is 26.0 Å². The fourth-order valence-electron chi connectivity index (χ4n) is 1.63. The molecule has 1 aromatic rings. The summed E-state index contributed by atoms with van der Waals surface area (Å²) in [5.74, 6) is 0.260. The van der Waals surface area contributed by atoms with E-state index in [0.717, 1.165) is 18.5 Å². The molecule has 0 saturated carbocycles. The second-order valence-electron chi connectivity index (χ2n) is 5.04. The number of aliphatic imine (C=N–C) groups is 1. The number of pyridine rings is 1. The molecule has 0 fully saturated rings. The van der Waals surface area contributed by atoms with Crippen molar-refractivity contribution in [3.05, 3.63) is 30.1 Å². The molecule has 1 unspecified atom stereocenters. The van der Waals surface area contributed by atoms with Crippen molar-refractivity contribution in [2.45, 2.75) is 32.7 Å². The molecule has 1 amide bonds. The minimum atomic E-state index is -0.0557. The zero-order valence-corrected chi connectivity index (χ0v) is 13.0. The van der Waals surface area contributed by atoms with Crippen LogP contribution in [-0.4, -0.2) is 47.9 Å². The first-order valence-corrected chi connectivity index (χ1v) is 7.23. The van der Waals surface area contributed by atoms with E-state index in [1.54, 1.807) is 18.1 Å². The van der Waals surface area contributed by atoms with Crippen LogP contribution in [0.2, 0.25) is 0 Å². The molecule has 0 saturated heterocycles. The van der Waals surface area contributed by atoms with Gasteiger partial charge in [0.25, 0.3) is 0 Å². The molecule has 1 aromatic heterocycles. The first-order valence-electron chi connectivity index (χ1n) is 7.23. The molecule has 1 heterocycles. The second-order valence-corrected chi connectivity index (χ2v) is 5.04. The molecule has 0 aromatic carbocycles. The molecular weight excluding hydrogens is 266 g/mol. The molecule has 116 valence electrons. The number of nitrogens with zero attached hydrogens (tertiary/aromatic N) is 3. The SMILES string of the molecule is CCC(C)NC(N)=NCC(=O)N(C)CCc1ccccn1. The molecule has 0 radical (unpaired) electrons. The predicted octanol–water partition coefficient (Wildman–Crippen LogP) is 0.785. The number of guanidine groups is 1. The van der Waals surface area contributed by atoms with Crippen LogP contribution in [0.3, 0.4) is 0 Å². The van der Waals surface area contributed by atoms with Gasteiger partial charge in [0, 0.05) is 37.9 Å². The Morgan fingerprint density at radius 3 is 2.90 bits per heavy atom. The summed E-state index contributed by atoms with van der Waals surface area (Å²) < 4.78 is 0. The molecule has 1 atom stereocenters. The van der Waals surface area contributed by atoms with Crippen LogP contribution in [0.4, 0.5) is 0 Å². The van der Waals surface area contributed by atoms with E-state index >= 15 is 0 Å². The normalized spacial score (nSPS) is 12.8. The molecule has 1 rings (SSSR count). The predicted molar refractivity (Wildman–Crippen MR) is 85.0 cm³/mol. The van der Waals surface area contributed by atoms with Gasteiger partial charge in [-0.3, -0.25) is 9.78 Å². The number of carbonyl (C=O) groups excluding carboxylic acids is 1. The Morgan fingerprint density at radius 2 is 2.29 bits per heavy atom. The molecule has 6 heteroatoms. The van der Waals surface area contributed by atoms with Gasteiger partial charge < -0.3 is 16.0 Å². The van der Waals surface area contributed by atoms with Crippen molar-refractivity contribution in [2.75, 3.05) is 20.1 Å². The summed E-state index contributed by atoms with van der Waals surface area (Å²) in [6, 6.07) is 6.02. The Kier molecular flexibility index (Phi) is 7.21. The zero-order valence-electron chi connectivity index (χ0n) is 13.0. The third-order valence-corrected chi connectivity index (χ3v) is 3.25. The van der Waals surface area contributed by atoms with E-state index in [1.165, 1.54) is 0 Å². The second kappa shape index (κ2) is 8.94. The lowest BCUT2D eigenvalue weighted by molar-refractivity contribution is -0.128. The van der Waals surface area contributed by atoms with Gasteiger partial charge in [-0.15, -0.1) is 0 Å². The van der Waals surface area contributed by atoms with E-state index in [9.17, 15) is 4.79 Å². The number of amides is 1. The highest BCUT2D eigenvalue weighted by Gasteiger charge is 2.08. The van der Waals surface area contributed by atoms with Crippen LogP contribution in [0.5, 0.6) is 0 Å². The largest absolute Gasteiger partial charge is 0.370 e. The molecule has 0 bridgehead atoms. The lowest BCUT2D eigenvalue weighted by Crippen LogP contribution is -2.39. The van der Waals surface area contributed by atoms with Crippen LogP contribution < -0.4 is 11.1 Å². The molecule has 3 N–H and O–H groups in total. The summed E-state index contributed by atoms with van der Waals surface area (Å²) in [5, 5.41) is 3.03. The summed E-state index contributed by atoms with van der Waals surface area (Å²) in [6.07, 6.45) is 3.43. The summed E-state index contributed by atoms with van der Waals surface area (Å²) in [7, 11) is 1.76. The topological polar surface area (TPSA) is 83.6 Å². The molecule has 0 aliphatic rings. The van der Waals surface area contributed by atoms with Gasteiger partial charge in [0.1, 0.15) is 6.54 Å². The van der Waals surface area contributed by atoms with Gasteiger partial charge in [-0.05, 0) is 25.5 Å². The number of hydrogen-bond donors (Lipinski definition) is 2. The van der Waals surface area contributed by atoms with Gasteiger partial charge in [0.2, 0.25) is 5.91 Å². The lowest BCUT2D eigenvalue weighted by atomic mass is 10.2. The zero-order chi connectivity index (χ0) is 15.7. The fourth-order valence-corrected chi connectivity index (χ4v) is 1.63. The van der Waals surface area contributed by atoms with E-state index in [2.05, 4.69) is 22.2 Å². The third kappa shape index (κ3) is 6.74. The quantitative estimate of drug-likeness (QED) is 0.574. The van der Waals surface area contributed by atoms with Crippen molar-refractivity contribution in [3.63, 3.8) is 0 Å². The number of likely N-dealkylation sites (N-methyl/N-ethyl adjacent to an activating group) is 1. The fraction of sp³-hybridized carbons (Fsp3) is 0.533. The maximum Gasteiger partial charge on any atom is 0.244 e. The standard InChI is InChI=1S/C15H25N5O/c1-4-12(2)19-15(16)18-11-14(21)20(3)10-8-13-7-5-6-9-17-13/h5-7,9,12H,4,8,10-11H2,1-3H3,(H3,16,18,19). The van der Waals surface area contributed by atoms with Crippen molar-refractivity contribution >= 4 is 11.9 Å². The van der Waals surface area contributed by atoms with Crippen molar-refractivity contribution in [2.24, 2.45) is 10.7 Å². The molecular formula is C15H25N5O. The van der Waals surface area contributed by atoms with Gasteiger partial charge in [0.05, 0.1) is 0 Å². The number of aromatic nitrogens is 1. The smallest absolute Gasteiger partial charge is 0.244 e. The minimum absolute atomic E-state index is 0.0557. The number of carbonyl (C=O) groups is 1. The highest BCUT2D eigenvalue weighted by Crippen LogP contribution is 1.97. The average Bonchev–Trinajstić information content (AvgIpc) is 2.51. The minimum Gasteiger partial charge on any atom is -0.370 e. The monoisotopic (exact) mass is 291 g/mol. The van der Waals surface area contributed by atoms with E-state index in [1.807, 2.05) is 25.1 Å². The first-order chi connectivity index (χ1) is 10.0. The Balaban J connectivity index is 2.35. The van der Waals surface area contributed by atoms with E-state index in [0.29, 0.717) is 12.5 Å². The van der Waals surface area contributed by atoms with Gasteiger partial charge >= 0.3 is 0 Å². The molecule has 21 heavy (non-hydrogen) atoms. The van der Waals surface area contributed by atoms with Crippen molar-refractivity contribution in [1.29, 1.82) is 0 Å². The van der Waals surface area contributed by atoms with Crippen LogP contribution in [0.15, 0.2) is 29.4 Å². The summed E-state index contributed by atoms with van der Waals surface area (Å²) in [4.78, 5) is 21.9. The van der Waals surface area contributed by atoms with Crippen LogP contribution in [0.25, 0.3) is 0 Å². The van der Waals surface area contributed by atoms with Crippen LogP contribution in [-0.2, 0) is 11.2 Å². The van der Waals surface area contributed by atoms with Gasteiger partial charge in [-0.2, -0.15) is 0 Å². The summed E-state index contributed by atoms with van der Waals surface area (Å²) in [6.45, 7) is 4.75. The first kappa shape index (κ1) is 16.9. The number of hydrogen-bond acceptors (Lipinski definition) is 3. The van der Waals surface area contributed by atoms with Crippen molar-refractivity contribution in [1.82, 2.24) is 15.2 Å². The Morgan fingerprint density at radius 1 is 1.52 bits per heavy atom. The van der Waals surface area contributed by atoms with Gasteiger partial charge in [-0.25, -0.2) is 4.99 Å². The third-order valence-electron chi connectivity index (χ3n) is 3.25. The Bertz CT molecular complexity index is 460. The Labute approximate surface area is 126 Å². The van der Waals surface area contributed by atoms with E-state index in [4.69, 9.17) is 5.73 Å². The van der Waals surface area contributed by atoms with Crippen LogP contribution in [0, 0.1) is 0 Å². The maximum atomic E-state index is 11.9. The molecule has 0 aliphatic carbocycles. The summed E-state index contributed by atoms with van der Waals surface area (Å²) in [5.41, 5.74) is 6.69.